The molecule has 46 heavy (non-hydrogen) atoms. The van der Waals surface area contributed by atoms with Crippen LogP contribution in [0.4, 0.5) is 0 Å². The van der Waals surface area contributed by atoms with Gasteiger partial charge in [-0.1, -0.05) is 146 Å². The molecule has 0 fully saturated rings. The van der Waals surface area contributed by atoms with Gasteiger partial charge in [-0.05, 0) is 122 Å². The molecule has 0 heteroatoms. The van der Waals surface area contributed by atoms with Gasteiger partial charge in [-0.2, -0.15) is 0 Å². The van der Waals surface area contributed by atoms with Crippen molar-refractivity contribution in [2.24, 2.45) is 0 Å². The van der Waals surface area contributed by atoms with Crippen LogP contribution >= 0.6 is 0 Å². The molecule has 0 aromatic heterocycles. The van der Waals surface area contributed by atoms with Crippen molar-refractivity contribution in [2.75, 3.05) is 0 Å². The van der Waals surface area contributed by atoms with E-state index in [1.807, 2.05) is 0 Å². The van der Waals surface area contributed by atoms with Crippen molar-refractivity contribution < 1.29 is 0 Å². The van der Waals surface area contributed by atoms with Gasteiger partial charge in [0, 0.05) is 0 Å². The Hall–Kier alpha value is -5.98. The minimum absolute atomic E-state index is 1.24. The van der Waals surface area contributed by atoms with Crippen LogP contribution in [0.5, 0.6) is 0 Å². The molecule has 0 heterocycles. The Bertz CT molecular complexity index is 2820. The molecule has 0 amide bonds. The van der Waals surface area contributed by atoms with E-state index in [2.05, 4.69) is 170 Å². The molecule has 0 bridgehead atoms. The second-order valence-corrected chi connectivity index (χ2v) is 12.5. The van der Waals surface area contributed by atoms with Crippen molar-refractivity contribution in [1.29, 1.82) is 0 Å². The van der Waals surface area contributed by atoms with E-state index >= 15 is 0 Å². The fourth-order valence-corrected chi connectivity index (χ4v) is 7.69. The summed E-state index contributed by atoms with van der Waals surface area (Å²) in [5, 5.41) is 18.1. The maximum atomic E-state index is 2.38. The lowest BCUT2D eigenvalue weighted by Gasteiger charge is -2.13. The van der Waals surface area contributed by atoms with Crippen LogP contribution in [0.3, 0.4) is 0 Å². The maximum absolute atomic E-state index is 2.38. The highest BCUT2D eigenvalue weighted by molar-refractivity contribution is 6.26. The summed E-state index contributed by atoms with van der Waals surface area (Å²) < 4.78 is 0. The quantitative estimate of drug-likeness (QED) is 0.178. The van der Waals surface area contributed by atoms with Crippen LogP contribution < -0.4 is 0 Å². The standard InChI is InChI=1S/C46H28/c1-2-8-37-30(7-1)19-23-43-42(37)22-20-31-15-18-34(27-45(31)43)32-16-13-29-14-17-33(26-36(29)25-32)35-21-24-44-40-11-4-3-9-38(40)39-10-5-6-12-41(39)46(44)28-35/h1-28H. The zero-order valence-corrected chi connectivity index (χ0v) is 25.2. The minimum Gasteiger partial charge on any atom is -0.0616 e. The average molecular weight is 581 g/mol. The largest absolute Gasteiger partial charge is 0.0616 e. The van der Waals surface area contributed by atoms with E-state index in [-0.39, 0.29) is 0 Å². The molecule has 0 aliphatic rings. The van der Waals surface area contributed by atoms with Crippen LogP contribution in [0, 0.1) is 0 Å². The van der Waals surface area contributed by atoms with E-state index in [4.69, 9.17) is 0 Å². The lowest BCUT2D eigenvalue weighted by molar-refractivity contribution is 1.66. The van der Waals surface area contributed by atoms with Crippen LogP contribution in [0.1, 0.15) is 0 Å². The van der Waals surface area contributed by atoms with E-state index in [0.717, 1.165) is 0 Å². The van der Waals surface area contributed by atoms with Crippen LogP contribution in [-0.2, 0) is 0 Å². The first-order valence-corrected chi connectivity index (χ1v) is 16.0. The third-order valence-corrected chi connectivity index (χ3v) is 9.99. The fourth-order valence-electron chi connectivity index (χ4n) is 7.69. The van der Waals surface area contributed by atoms with Crippen molar-refractivity contribution in [3.63, 3.8) is 0 Å². The lowest BCUT2D eigenvalue weighted by atomic mass is 9.91. The van der Waals surface area contributed by atoms with Gasteiger partial charge in [0.1, 0.15) is 0 Å². The van der Waals surface area contributed by atoms with E-state index in [9.17, 15) is 0 Å². The van der Waals surface area contributed by atoms with Crippen LogP contribution in [0.25, 0.3) is 97.7 Å². The zero-order chi connectivity index (χ0) is 30.2. The molecule has 0 nitrogen and oxygen atoms in total. The smallest absolute Gasteiger partial charge is 0.00928 e. The Morgan fingerprint density at radius 2 is 0.522 bits per heavy atom. The van der Waals surface area contributed by atoms with Crippen LogP contribution in [0.15, 0.2) is 170 Å². The SMILES string of the molecule is c1ccc2c(c1)ccc1c3cc(-c4ccc5ccc(-c6ccc7c8ccccc8c8ccccc8c7c6)cc5c4)ccc3ccc21. The number of hydrogen-bond acceptors (Lipinski definition) is 0. The van der Waals surface area contributed by atoms with Crippen LogP contribution in [0.2, 0.25) is 0 Å². The van der Waals surface area contributed by atoms with E-state index in [1.54, 1.807) is 0 Å². The lowest BCUT2D eigenvalue weighted by Crippen LogP contribution is -1.86. The van der Waals surface area contributed by atoms with Crippen molar-refractivity contribution in [2.45, 2.75) is 0 Å². The molecule has 0 N–H and O–H groups in total. The highest BCUT2D eigenvalue weighted by Gasteiger charge is 2.11. The van der Waals surface area contributed by atoms with Gasteiger partial charge >= 0.3 is 0 Å². The van der Waals surface area contributed by atoms with E-state index < -0.39 is 0 Å². The number of benzene rings is 10. The van der Waals surface area contributed by atoms with E-state index in [0.29, 0.717) is 0 Å². The summed E-state index contributed by atoms with van der Waals surface area (Å²) >= 11 is 0. The van der Waals surface area contributed by atoms with Crippen molar-refractivity contribution >= 4 is 75.4 Å². The molecule has 0 spiro atoms. The Kier molecular flexibility index (Phi) is 5.38. The molecule has 10 rings (SSSR count). The number of fused-ring (bicyclic) bond motifs is 12. The third kappa shape index (κ3) is 3.81. The summed E-state index contributed by atoms with van der Waals surface area (Å²) in [6.07, 6.45) is 0. The highest BCUT2D eigenvalue weighted by atomic mass is 14.1. The first kappa shape index (κ1) is 25.4. The highest BCUT2D eigenvalue weighted by Crippen LogP contribution is 2.38. The Morgan fingerprint density at radius 3 is 1.15 bits per heavy atom. The van der Waals surface area contributed by atoms with Gasteiger partial charge in [0.05, 0.1) is 0 Å². The molecular formula is C46H28. The molecule has 10 aromatic carbocycles. The first-order valence-electron chi connectivity index (χ1n) is 16.0. The molecule has 0 saturated carbocycles. The molecule has 0 atom stereocenters. The topological polar surface area (TPSA) is 0 Å². The summed E-state index contributed by atoms with van der Waals surface area (Å²) in [5.41, 5.74) is 4.95. The Morgan fingerprint density at radius 1 is 0.174 bits per heavy atom. The van der Waals surface area contributed by atoms with Gasteiger partial charge in [-0.3, -0.25) is 0 Å². The number of rotatable bonds is 2. The number of hydrogen-bond donors (Lipinski definition) is 0. The second-order valence-electron chi connectivity index (χ2n) is 12.5. The van der Waals surface area contributed by atoms with Gasteiger partial charge in [0.25, 0.3) is 0 Å². The molecule has 212 valence electrons. The zero-order valence-electron chi connectivity index (χ0n) is 25.2. The minimum atomic E-state index is 1.24. The predicted octanol–water partition coefficient (Wildman–Crippen LogP) is 13.1. The van der Waals surface area contributed by atoms with Crippen molar-refractivity contribution in [1.82, 2.24) is 0 Å². The van der Waals surface area contributed by atoms with Gasteiger partial charge in [0.15, 0.2) is 0 Å². The van der Waals surface area contributed by atoms with Crippen molar-refractivity contribution in [3.8, 4) is 22.3 Å². The van der Waals surface area contributed by atoms with Gasteiger partial charge in [-0.15, -0.1) is 0 Å². The maximum Gasteiger partial charge on any atom is -0.00928 e. The van der Waals surface area contributed by atoms with Gasteiger partial charge < -0.3 is 0 Å². The summed E-state index contributed by atoms with van der Waals surface area (Å²) in [4.78, 5) is 0. The van der Waals surface area contributed by atoms with Crippen molar-refractivity contribution in [3.05, 3.63) is 170 Å². The monoisotopic (exact) mass is 580 g/mol. The first-order chi connectivity index (χ1) is 22.8. The third-order valence-electron chi connectivity index (χ3n) is 9.99. The molecule has 10 aromatic rings. The van der Waals surface area contributed by atoms with E-state index in [1.165, 1.54) is 97.7 Å². The molecule has 0 saturated heterocycles. The molecule has 0 radical (unpaired) electrons. The summed E-state index contributed by atoms with van der Waals surface area (Å²) in [6.45, 7) is 0. The average Bonchev–Trinajstić information content (AvgIpc) is 3.13. The Labute approximate surface area is 266 Å². The van der Waals surface area contributed by atoms with Gasteiger partial charge in [0.2, 0.25) is 0 Å². The normalized spacial score (nSPS) is 11.9. The van der Waals surface area contributed by atoms with Gasteiger partial charge in [-0.25, -0.2) is 0 Å². The molecular weight excluding hydrogens is 553 g/mol. The molecule has 0 aliphatic carbocycles. The summed E-state index contributed by atoms with van der Waals surface area (Å²) in [5.74, 6) is 0. The van der Waals surface area contributed by atoms with Crippen LogP contribution in [-0.4, -0.2) is 0 Å². The molecule has 0 unspecified atom stereocenters. The second kappa shape index (κ2) is 9.76. The fraction of sp³-hybridized carbons (Fsp3) is 0. The summed E-state index contributed by atoms with van der Waals surface area (Å²) in [7, 11) is 0. The predicted molar refractivity (Wildman–Crippen MR) is 200 cm³/mol. The molecule has 0 aliphatic heterocycles. The summed E-state index contributed by atoms with van der Waals surface area (Å²) in [6, 6.07) is 62.9. The Balaban J connectivity index is 1.12.